The number of aliphatic hydroxyl groups excluding tert-OH is 1. The van der Waals surface area contributed by atoms with Gasteiger partial charge >= 0.3 is 5.97 Å². The van der Waals surface area contributed by atoms with Gasteiger partial charge in [-0.05, 0) is 102 Å². The van der Waals surface area contributed by atoms with Crippen LogP contribution in [0, 0.1) is 39.4 Å². The fraction of sp³-hybridized carbons (Fsp3) is 0.742. The number of carbonyl (C=O) groups excluding carboxylic acids is 2. The van der Waals surface area contributed by atoms with Gasteiger partial charge in [-0.1, -0.05) is 53.7 Å². The largest absolute Gasteiger partial charge is 0.466 e. The van der Waals surface area contributed by atoms with Crippen LogP contribution < -0.4 is 0 Å². The average molecular weight is 483 g/mol. The van der Waals surface area contributed by atoms with Gasteiger partial charge in [0.2, 0.25) is 0 Å². The molecule has 4 nitrogen and oxygen atoms in total. The van der Waals surface area contributed by atoms with Crippen LogP contribution in [0.4, 0.5) is 0 Å². The molecular weight excluding hydrogens is 436 g/mol. The molecule has 0 radical (unpaired) electrons. The SMILES string of the molecule is COC(=O)/C(C)=C\C(=O)C[C@@H](C)[C@]1(C)CC=C2C3=CC[C@H]4C(C)(C)[C@H](O)CC[C@]4(C)[C@@H]3CC[C@]21C. The lowest BCUT2D eigenvalue weighted by atomic mass is 9.43. The van der Waals surface area contributed by atoms with Crippen molar-refractivity contribution in [1.29, 1.82) is 0 Å². The second-order valence-electron chi connectivity index (χ2n) is 13.4. The molecule has 0 heterocycles. The van der Waals surface area contributed by atoms with E-state index in [2.05, 4.69) is 53.7 Å². The lowest BCUT2D eigenvalue weighted by Gasteiger charge is -2.62. The van der Waals surface area contributed by atoms with E-state index in [4.69, 9.17) is 4.74 Å². The third-order valence-electron chi connectivity index (χ3n) is 11.6. The number of carbonyl (C=O) groups is 2. The van der Waals surface area contributed by atoms with E-state index < -0.39 is 5.97 Å². The predicted molar refractivity (Wildman–Crippen MR) is 140 cm³/mol. The Labute approximate surface area is 212 Å². The molecule has 0 aromatic heterocycles. The molecule has 0 saturated heterocycles. The summed E-state index contributed by atoms with van der Waals surface area (Å²) in [7, 11) is 1.34. The zero-order valence-corrected chi connectivity index (χ0v) is 23.2. The number of allylic oxidation sites excluding steroid dienone is 5. The Hall–Kier alpha value is -1.68. The third kappa shape index (κ3) is 3.81. The second-order valence-corrected chi connectivity index (χ2v) is 13.4. The first-order chi connectivity index (χ1) is 16.2. The zero-order chi connectivity index (χ0) is 26.0. The molecule has 7 atom stereocenters. The normalized spacial score (nSPS) is 41.1. The van der Waals surface area contributed by atoms with Crippen molar-refractivity contribution in [3.8, 4) is 0 Å². The molecule has 0 aliphatic heterocycles. The molecule has 2 saturated carbocycles. The van der Waals surface area contributed by atoms with Crippen molar-refractivity contribution in [1.82, 2.24) is 0 Å². The van der Waals surface area contributed by atoms with E-state index in [-0.39, 0.29) is 39.5 Å². The predicted octanol–water partition coefficient (Wildman–Crippen LogP) is 6.59. The molecule has 35 heavy (non-hydrogen) atoms. The molecular formula is C31H46O4. The van der Waals surface area contributed by atoms with E-state index in [1.807, 2.05) is 0 Å². The van der Waals surface area contributed by atoms with Crippen LogP contribution in [0.5, 0.6) is 0 Å². The number of ketones is 1. The quantitative estimate of drug-likeness (QED) is 0.355. The van der Waals surface area contributed by atoms with Gasteiger partial charge in [0, 0.05) is 12.0 Å². The lowest BCUT2D eigenvalue weighted by molar-refractivity contribution is -0.136. The van der Waals surface area contributed by atoms with Gasteiger partial charge in [0.25, 0.3) is 0 Å². The van der Waals surface area contributed by atoms with Crippen LogP contribution in [0.3, 0.4) is 0 Å². The molecule has 4 aliphatic carbocycles. The lowest BCUT2D eigenvalue weighted by Crippen LogP contribution is -2.56. The van der Waals surface area contributed by atoms with Crippen LogP contribution in [0.25, 0.3) is 0 Å². The number of hydrogen-bond acceptors (Lipinski definition) is 4. The first kappa shape index (κ1) is 26.4. The molecule has 0 amide bonds. The van der Waals surface area contributed by atoms with Crippen molar-refractivity contribution in [3.63, 3.8) is 0 Å². The third-order valence-corrected chi connectivity index (χ3v) is 11.6. The van der Waals surface area contributed by atoms with Crippen LogP contribution >= 0.6 is 0 Å². The summed E-state index contributed by atoms with van der Waals surface area (Å²) in [5.74, 6) is 0.816. The van der Waals surface area contributed by atoms with Gasteiger partial charge in [0.15, 0.2) is 5.78 Å². The summed E-state index contributed by atoms with van der Waals surface area (Å²) >= 11 is 0. The molecule has 0 bridgehead atoms. The summed E-state index contributed by atoms with van der Waals surface area (Å²) in [6.45, 7) is 15.7. The van der Waals surface area contributed by atoms with Crippen molar-refractivity contribution in [3.05, 3.63) is 34.9 Å². The highest BCUT2D eigenvalue weighted by molar-refractivity contribution is 5.99. The standard InChI is InChI=1S/C31H46O4/c1-19(27(34)35-8)17-21(32)18-20(2)30(6)15-12-24-22-9-10-25-28(3,4)26(33)13-14-29(25,5)23(22)11-16-31(24,30)7/h9,12,17,20,23,25-26,33H,10-11,13-16,18H2,1-8H3/b19-17-/t20-,23-,25+,26-,29-,30+,31-/m1/s1. The fourth-order valence-corrected chi connectivity index (χ4v) is 8.75. The minimum absolute atomic E-state index is 0.00240. The van der Waals surface area contributed by atoms with E-state index >= 15 is 0 Å². The van der Waals surface area contributed by atoms with Gasteiger partial charge in [0.05, 0.1) is 13.2 Å². The summed E-state index contributed by atoms with van der Waals surface area (Å²) < 4.78 is 4.75. The summed E-state index contributed by atoms with van der Waals surface area (Å²) in [6.07, 6.45) is 13.0. The van der Waals surface area contributed by atoms with Gasteiger partial charge < -0.3 is 9.84 Å². The maximum atomic E-state index is 12.8. The summed E-state index contributed by atoms with van der Waals surface area (Å²) in [6, 6.07) is 0. The van der Waals surface area contributed by atoms with Crippen molar-refractivity contribution >= 4 is 11.8 Å². The Morgan fingerprint density at radius 1 is 1.14 bits per heavy atom. The highest BCUT2D eigenvalue weighted by Gasteiger charge is 2.61. The van der Waals surface area contributed by atoms with E-state index in [0.717, 1.165) is 32.1 Å². The molecule has 194 valence electrons. The van der Waals surface area contributed by atoms with Gasteiger partial charge in [-0.2, -0.15) is 0 Å². The molecule has 4 heteroatoms. The summed E-state index contributed by atoms with van der Waals surface area (Å²) in [5.41, 5.74) is 3.67. The van der Waals surface area contributed by atoms with Crippen LogP contribution in [-0.4, -0.2) is 30.1 Å². The van der Waals surface area contributed by atoms with Crippen LogP contribution in [0.2, 0.25) is 0 Å². The molecule has 4 rings (SSSR count). The van der Waals surface area contributed by atoms with Gasteiger partial charge in [0.1, 0.15) is 0 Å². The number of hydrogen-bond donors (Lipinski definition) is 1. The molecule has 4 aliphatic rings. The molecule has 2 fully saturated rings. The Morgan fingerprint density at radius 3 is 2.49 bits per heavy atom. The number of ether oxygens (including phenoxy) is 1. The first-order valence-corrected chi connectivity index (χ1v) is 13.6. The number of esters is 1. The zero-order valence-electron chi connectivity index (χ0n) is 23.2. The highest BCUT2D eigenvalue weighted by Crippen LogP contribution is 2.70. The van der Waals surface area contributed by atoms with Crippen molar-refractivity contribution in [2.24, 2.45) is 39.4 Å². The van der Waals surface area contributed by atoms with Crippen LogP contribution in [0.15, 0.2) is 34.9 Å². The number of methoxy groups -OCH3 is 1. The van der Waals surface area contributed by atoms with E-state index in [0.29, 0.717) is 23.8 Å². The topological polar surface area (TPSA) is 63.6 Å². The smallest absolute Gasteiger partial charge is 0.333 e. The fourth-order valence-electron chi connectivity index (χ4n) is 8.75. The Bertz CT molecular complexity index is 999. The van der Waals surface area contributed by atoms with Crippen molar-refractivity contribution in [2.45, 2.75) is 99.5 Å². The molecule has 0 spiro atoms. The van der Waals surface area contributed by atoms with Crippen LogP contribution in [-0.2, 0) is 14.3 Å². The van der Waals surface area contributed by atoms with Crippen LogP contribution in [0.1, 0.15) is 93.4 Å². The maximum absolute atomic E-state index is 12.8. The second kappa shape index (κ2) is 8.71. The van der Waals surface area contributed by atoms with E-state index in [9.17, 15) is 14.7 Å². The van der Waals surface area contributed by atoms with Gasteiger partial charge in [-0.25, -0.2) is 4.79 Å². The average Bonchev–Trinajstić information content (AvgIpc) is 3.08. The Morgan fingerprint density at radius 2 is 1.83 bits per heavy atom. The van der Waals surface area contributed by atoms with Gasteiger partial charge in [-0.15, -0.1) is 0 Å². The molecule has 0 aromatic carbocycles. The number of aliphatic hydroxyl groups is 1. The number of fused-ring (bicyclic) bond motifs is 5. The molecule has 0 aromatic rings. The minimum atomic E-state index is -0.443. The minimum Gasteiger partial charge on any atom is -0.466 e. The monoisotopic (exact) mass is 482 g/mol. The van der Waals surface area contributed by atoms with Crippen molar-refractivity contribution < 1.29 is 19.4 Å². The Kier molecular flexibility index (Phi) is 6.57. The Balaban J connectivity index is 1.59. The van der Waals surface area contributed by atoms with E-state index in [1.54, 1.807) is 12.5 Å². The molecule has 1 N–H and O–H groups in total. The summed E-state index contributed by atoms with van der Waals surface area (Å²) in [5, 5.41) is 10.8. The highest BCUT2D eigenvalue weighted by atomic mass is 16.5. The summed E-state index contributed by atoms with van der Waals surface area (Å²) in [4.78, 5) is 24.6. The first-order valence-electron chi connectivity index (χ1n) is 13.6. The van der Waals surface area contributed by atoms with E-state index in [1.165, 1.54) is 25.2 Å². The number of rotatable bonds is 5. The van der Waals surface area contributed by atoms with Gasteiger partial charge in [-0.3, -0.25) is 4.79 Å². The maximum Gasteiger partial charge on any atom is 0.333 e. The van der Waals surface area contributed by atoms with Crippen molar-refractivity contribution in [2.75, 3.05) is 7.11 Å². The molecule has 0 unspecified atom stereocenters.